The molecular weight excluding hydrogens is 414 g/mol. The minimum atomic E-state index is -0.774. The van der Waals surface area contributed by atoms with Crippen LogP contribution in [0.3, 0.4) is 0 Å². The molecule has 0 aliphatic heterocycles. The molecule has 2 rings (SSSR count). The lowest BCUT2D eigenvalue weighted by Gasteiger charge is -2.17. The van der Waals surface area contributed by atoms with Gasteiger partial charge in [0, 0.05) is 23.9 Å². The summed E-state index contributed by atoms with van der Waals surface area (Å²) in [6.07, 6.45) is 3.62. The third-order valence-corrected chi connectivity index (χ3v) is 4.49. The second-order valence-electron chi connectivity index (χ2n) is 8.51. The Kier molecular flexibility index (Phi) is 8.80. The van der Waals surface area contributed by atoms with Gasteiger partial charge in [-0.25, -0.2) is 4.79 Å². The number of unbranched alkanes of at least 4 members (excludes halogenated alkanes) is 4. The third kappa shape index (κ3) is 8.41. The van der Waals surface area contributed by atoms with Crippen molar-refractivity contribution in [2.45, 2.75) is 64.9 Å². The van der Waals surface area contributed by atoms with Crippen LogP contribution < -0.4 is 11.1 Å². The molecule has 1 heterocycles. The number of fused-ring (bicyclic) bond motifs is 1. The van der Waals surface area contributed by atoms with Gasteiger partial charge in [0.1, 0.15) is 17.0 Å². The van der Waals surface area contributed by atoms with Crippen molar-refractivity contribution in [3.63, 3.8) is 0 Å². The van der Waals surface area contributed by atoms with Crippen molar-refractivity contribution >= 4 is 34.8 Å². The number of carboxylic acids is 1. The predicted octanol–water partition coefficient (Wildman–Crippen LogP) is 4.23. The minimum Gasteiger partial charge on any atom is -0.481 e. The standard InChI is InChI=1S/C23H31N3O6/c1-23(2,3)32-22(30)26-20(24)15-10-11-17-16(13-15)14-18(31-17)21(29)25-12-8-6-4-5-7-9-19(27)28/h10-11,13-14H,4-9,12H2,1-3H3,(H,25,29)(H,27,28)(H2,24,26,30). The normalized spacial score (nSPS) is 12.0. The number of amides is 2. The highest BCUT2D eigenvalue weighted by Crippen LogP contribution is 2.21. The number of carboxylic acid groups (broad SMARTS) is 1. The molecule has 0 bridgehead atoms. The average Bonchev–Trinajstić information content (AvgIpc) is 3.11. The van der Waals surface area contributed by atoms with Crippen LogP contribution in [0.25, 0.3) is 11.0 Å². The summed E-state index contributed by atoms with van der Waals surface area (Å²) in [5, 5.41) is 12.1. The maximum atomic E-state index is 12.3. The SMILES string of the molecule is CC(C)(C)OC(=O)/N=C(/N)c1ccc2oc(C(=O)NCCCCCCCC(=O)O)cc2c1. The number of nitrogens with two attached hydrogens (primary N) is 1. The van der Waals surface area contributed by atoms with Gasteiger partial charge in [0.25, 0.3) is 5.91 Å². The summed E-state index contributed by atoms with van der Waals surface area (Å²) >= 11 is 0. The lowest BCUT2D eigenvalue weighted by Crippen LogP contribution is -2.24. The molecular formula is C23H31N3O6. The van der Waals surface area contributed by atoms with Gasteiger partial charge >= 0.3 is 12.1 Å². The lowest BCUT2D eigenvalue weighted by atomic mass is 10.1. The fourth-order valence-corrected chi connectivity index (χ4v) is 2.98. The highest BCUT2D eigenvalue weighted by molar-refractivity contribution is 6.05. The summed E-state index contributed by atoms with van der Waals surface area (Å²) in [4.78, 5) is 38.4. The number of ether oxygens (including phenoxy) is 1. The number of amidine groups is 1. The Balaban J connectivity index is 1.88. The van der Waals surface area contributed by atoms with Crippen LogP contribution in [-0.4, -0.2) is 41.1 Å². The molecule has 1 aromatic heterocycles. The van der Waals surface area contributed by atoms with Crippen LogP contribution >= 0.6 is 0 Å². The second-order valence-corrected chi connectivity index (χ2v) is 8.51. The zero-order valence-corrected chi connectivity index (χ0v) is 18.8. The Morgan fingerprint density at radius 1 is 1.09 bits per heavy atom. The van der Waals surface area contributed by atoms with Crippen molar-refractivity contribution in [3.8, 4) is 0 Å². The maximum absolute atomic E-state index is 12.3. The number of carbonyl (C=O) groups is 3. The van der Waals surface area contributed by atoms with E-state index >= 15 is 0 Å². The molecule has 0 fully saturated rings. The Morgan fingerprint density at radius 3 is 2.47 bits per heavy atom. The van der Waals surface area contributed by atoms with Gasteiger partial charge in [-0.15, -0.1) is 0 Å². The Labute approximate surface area is 187 Å². The Hall–Kier alpha value is -3.36. The summed E-state index contributed by atoms with van der Waals surface area (Å²) < 4.78 is 10.7. The zero-order valence-electron chi connectivity index (χ0n) is 18.8. The first-order chi connectivity index (χ1) is 15.0. The van der Waals surface area contributed by atoms with E-state index in [0.29, 0.717) is 29.5 Å². The summed E-state index contributed by atoms with van der Waals surface area (Å²) in [5.74, 6) is -0.893. The lowest BCUT2D eigenvalue weighted by molar-refractivity contribution is -0.137. The van der Waals surface area contributed by atoms with Crippen molar-refractivity contribution in [2.24, 2.45) is 10.7 Å². The molecule has 9 heteroatoms. The minimum absolute atomic E-state index is 0.0108. The fourth-order valence-electron chi connectivity index (χ4n) is 2.98. The van der Waals surface area contributed by atoms with E-state index in [-0.39, 0.29) is 23.9 Å². The molecule has 2 amide bonds. The summed E-state index contributed by atoms with van der Waals surface area (Å²) in [6, 6.07) is 6.62. The molecule has 174 valence electrons. The van der Waals surface area contributed by atoms with Crippen LogP contribution in [0.1, 0.15) is 75.4 Å². The van der Waals surface area contributed by atoms with Crippen LogP contribution in [0.5, 0.6) is 0 Å². The molecule has 0 unspecified atom stereocenters. The van der Waals surface area contributed by atoms with Gasteiger partial charge in [0.05, 0.1) is 0 Å². The number of aliphatic carboxylic acids is 1. The number of furan rings is 1. The van der Waals surface area contributed by atoms with Gasteiger partial charge < -0.3 is 25.3 Å². The van der Waals surface area contributed by atoms with Gasteiger partial charge in [0.15, 0.2) is 5.76 Å². The number of nitrogens with one attached hydrogen (secondary N) is 1. The highest BCUT2D eigenvalue weighted by atomic mass is 16.6. The van der Waals surface area contributed by atoms with E-state index in [1.807, 2.05) is 0 Å². The van der Waals surface area contributed by atoms with E-state index in [4.69, 9.17) is 20.0 Å². The molecule has 0 aliphatic carbocycles. The molecule has 1 aromatic carbocycles. The topological polar surface area (TPSA) is 144 Å². The zero-order chi connectivity index (χ0) is 23.7. The summed E-state index contributed by atoms with van der Waals surface area (Å²) in [5.41, 5.74) is 6.28. The number of aliphatic imine (C=N–C) groups is 1. The molecule has 0 saturated heterocycles. The molecule has 9 nitrogen and oxygen atoms in total. The van der Waals surface area contributed by atoms with Crippen LogP contribution in [0.15, 0.2) is 33.7 Å². The summed E-state index contributed by atoms with van der Waals surface area (Å²) in [7, 11) is 0. The van der Waals surface area contributed by atoms with E-state index in [0.717, 1.165) is 25.7 Å². The molecule has 0 atom stereocenters. The van der Waals surface area contributed by atoms with E-state index in [2.05, 4.69) is 10.3 Å². The monoisotopic (exact) mass is 445 g/mol. The maximum Gasteiger partial charge on any atom is 0.436 e. The van der Waals surface area contributed by atoms with Gasteiger partial charge in [0.2, 0.25) is 0 Å². The molecule has 0 radical (unpaired) electrons. The molecule has 0 saturated carbocycles. The number of benzene rings is 1. The molecule has 0 aliphatic rings. The summed E-state index contributed by atoms with van der Waals surface area (Å²) in [6.45, 7) is 5.73. The van der Waals surface area contributed by atoms with E-state index in [9.17, 15) is 14.4 Å². The second kappa shape index (κ2) is 11.3. The molecule has 4 N–H and O–H groups in total. The predicted molar refractivity (Wildman–Crippen MR) is 121 cm³/mol. The van der Waals surface area contributed by atoms with Crippen molar-refractivity contribution in [1.82, 2.24) is 5.32 Å². The highest BCUT2D eigenvalue weighted by Gasteiger charge is 2.17. The van der Waals surface area contributed by atoms with Gasteiger partial charge in [-0.2, -0.15) is 4.99 Å². The van der Waals surface area contributed by atoms with E-state index < -0.39 is 17.7 Å². The van der Waals surface area contributed by atoms with Crippen molar-refractivity contribution in [3.05, 3.63) is 35.6 Å². The first kappa shape index (κ1) is 24.9. The first-order valence-electron chi connectivity index (χ1n) is 10.7. The number of hydrogen-bond donors (Lipinski definition) is 3. The van der Waals surface area contributed by atoms with Crippen LogP contribution in [-0.2, 0) is 9.53 Å². The van der Waals surface area contributed by atoms with Crippen LogP contribution in [0.2, 0.25) is 0 Å². The van der Waals surface area contributed by atoms with E-state index in [1.165, 1.54) is 0 Å². The fraction of sp³-hybridized carbons (Fsp3) is 0.478. The Morgan fingerprint density at radius 2 is 1.78 bits per heavy atom. The van der Waals surface area contributed by atoms with Crippen LogP contribution in [0, 0.1) is 0 Å². The van der Waals surface area contributed by atoms with Crippen molar-refractivity contribution in [2.75, 3.05) is 6.54 Å². The van der Waals surface area contributed by atoms with Gasteiger partial charge in [-0.1, -0.05) is 19.3 Å². The number of nitrogens with zero attached hydrogens (tertiary/aromatic N) is 1. The Bertz CT molecular complexity index is 987. The number of carbonyl (C=O) groups excluding carboxylic acids is 2. The van der Waals surface area contributed by atoms with Crippen molar-refractivity contribution in [1.29, 1.82) is 0 Å². The smallest absolute Gasteiger partial charge is 0.436 e. The largest absolute Gasteiger partial charge is 0.481 e. The molecule has 32 heavy (non-hydrogen) atoms. The third-order valence-electron chi connectivity index (χ3n) is 4.49. The van der Waals surface area contributed by atoms with Crippen molar-refractivity contribution < 1.29 is 28.6 Å². The first-order valence-corrected chi connectivity index (χ1v) is 10.7. The molecule has 0 spiro atoms. The van der Waals surface area contributed by atoms with Gasteiger partial charge in [-0.05, 0) is 57.9 Å². The number of rotatable bonds is 10. The number of hydrogen-bond acceptors (Lipinski definition) is 5. The van der Waals surface area contributed by atoms with Gasteiger partial charge in [-0.3, -0.25) is 9.59 Å². The average molecular weight is 446 g/mol. The quantitative estimate of drug-likeness (QED) is 0.282. The molecule has 2 aromatic rings. The van der Waals surface area contributed by atoms with E-state index in [1.54, 1.807) is 45.0 Å². The van der Waals surface area contributed by atoms with Crippen LogP contribution in [0.4, 0.5) is 4.79 Å².